The molecule has 0 unspecified atom stereocenters. The van der Waals surface area contributed by atoms with Gasteiger partial charge in [-0.25, -0.2) is 0 Å². The highest BCUT2D eigenvalue weighted by Gasteiger charge is 2.19. The predicted octanol–water partition coefficient (Wildman–Crippen LogP) is 2.74. The van der Waals surface area contributed by atoms with Crippen LogP contribution in [-0.4, -0.2) is 61.0 Å². The Bertz CT molecular complexity index is 978. The molecule has 1 aliphatic rings. The van der Waals surface area contributed by atoms with Gasteiger partial charge in [-0.2, -0.15) is 0 Å². The number of nitrogens with one attached hydrogen (secondary N) is 3. The van der Waals surface area contributed by atoms with Crippen molar-refractivity contribution in [2.45, 2.75) is 26.3 Å². The van der Waals surface area contributed by atoms with Crippen molar-refractivity contribution in [3.63, 3.8) is 0 Å². The van der Waals surface area contributed by atoms with Crippen LogP contribution < -0.4 is 16.0 Å². The molecule has 3 amide bonds. The highest BCUT2D eigenvalue weighted by molar-refractivity contribution is 5.98. The average molecular weight is 439 g/mol. The zero-order valence-corrected chi connectivity index (χ0v) is 18.7. The summed E-state index contributed by atoms with van der Waals surface area (Å²) in [4.78, 5) is 39.1. The standard InChI is InChI=1S/C24H30N4O4/c1-24(2,3)27-22(30)17-6-4-8-19(14-17)25-16-21(29)26-20-9-5-7-18(15-20)23(31)28-10-12-32-13-11-28/h4-9,14-15,25H,10-13,16H2,1-3H3,(H,26,29)(H,27,30). The zero-order valence-electron chi connectivity index (χ0n) is 18.7. The summed E-state index contributed by atoms with van der Waals surface area (Å²) < 4.78 is 5.29. The molecule has 0 aromatic heterocycles. The fourth-order valence-electron chi connectivity index (χ4n) is 3.25. The van der Waals surface area contributed by atoms with Crippen molar-refractivity contribution in [2.75, 3.05) is 43.5 Å². The molecule has 8 heteroatoms. The Labute approximate surface area is 188 Å². The van der Waals surface area contributed by atoms with Crippen LogP contribution >= 0.6 is 0 Å². The molecule has 0 spiro atoms. The van der Waals surface area contributed by atoms with Gasteiger partial charge in [0.1, 0.15) is 0 Å². The number of carbonyl (C=O) groups excluding carboxylic acids is 3. The summed E-state index contributed by atoms with van der Waals surface area (Å²) in [5.74, 6) is -0.509. The van der Waals surface area contributed by atoms with Crippen LogP contribution in [-0.2, 0) is 9.53 Å². The van der Waals surface area contributed by atoms with Gasteiger partial charge in [-0.15, -0.1) is 0 Å². The third kappa shape index (κ3) is 6.81. The Morgan fingerprint density at radius 1 is 0.938 bits per heavy atom. The minimum Gasteiger partial charge on any atom is -0.378 e. The summed E-state index contributed by atoms with van der Waals surface area (Å²) in [6.07, 6.45) is 0. The summed E-state index contributed by atoms with van der Waals surface area (Å²) in [5, 5.41) is 8.75. The third-order valence-corrected chi connectivity index (χ3v) is 4.76. The van der Waals surface area contributed by atoms with E-state index in [9.17, 15) is 14.4 Å². The normalized spacial score (nSPS) is 13.9. The molecule has 1 fully saturated rings. The fourth-order valence-corrected chi connectivity index (χ4v) is 3.25. The fraction of sp³-hybridized carbons (Fsp3) is 0.375. The van der Waals surface area contributed by atoms with Gasteiger partial charge in [0.15, 0.2) is 0 Å². The first-order chi connectivity index (χ1) is 15.2. The van der Waals surface area contributed by atoms with E-state index < -0.39 is 0 Å². The van der Waals surface area contributed by atoms with E-state index in [1.807, 2.05) is 20.8 Å². The summed E-state index contributed by atoms with van der Waals surface area (Å²) in [6.45, 7) is 7.96. The monoisotopic (exact) mass is 438 g/mol. The first-order valence-corrected chi connectivity index (χ1v) is 10.6. The van der Waals surface area contributed by atoms with Crippen LogP contribution in [0.1, 0.15) is 41.5 Å². The van der Waals surface area contributed by atoms with Crippen molar-refractivity contribution in [1.82, 2.24) is 10.2 Å². The van der Waals surface area contributed by atoms with E-state index in [0.29, 0.717) is 48.8 Å². The van der Waals surface area contributed by atoms with Crippen LogP contribution in [0, 0.1) is 0 Å². The molecule has 3 rings (SSSR count). The molecule has 2 aromatic carbocycles. The summed E-state index contributed by atoms with van der Waals surface area (Å²) in [7, 11) is 0. The molecule has 170 valence electrons. The van der Waals surface area contributed by atoms with E-state index in [4.69, 9.17) is 4.74 Å². The number of rotatable bonds is 6. The lowest BCUT2D eigenvalue weighted by molar-refractivity contribution is -0.114. The lowest BCUT2D eigenvalue weighted by Gasteiger charge is -2.27. The van der Waals surface area contributed by atoms with E-state index in [1.165, 1.54) is 0 Å². The highest BCUT2D eigenvalue weighted by Crippen LogP contribution is 2.15. The van der Waals surface area contributed by atoms with Crippen LogP contribution in [0.25, 0.3) is 0 Å². The van der Waals surface area contributed by atoms with Gasteiger partial charge in [0.25, 0.3) is 11.8 Å². The van der Waals surface area contributed by atoms with Crippen LogP contribution in [0.2, 0.25) is 0 Å². The number of ether oxygens (including phenoxy) is 1. The molecule has 0 radical (unpaired) electrons. The topological polar surface area (TPSA) is 99.8 Å². The van der Waals surface area contributed by atoms with Crippen LogP contribution in [0.15, 0.2) is 48.5 Å². The molecule has 32 heavy (non-hydrogen) atoms. The van der Waals surface area contributed by atoms with Gasteiger partial charge in [-0.3, -0.25) is 14.4 Å². The summed E-state index contributed by atoms with van der Waals surface area (Å²) in [5.41, 5.74) is 1.92. The second-order valence-electron chi connectivity index (χ2n) is 8.67. The first-order valence-electron chi connectivity index (χ1n) is 10.6. The SMILES string of the molecule is CC(C)(C)NC(=O)c1cccc(NCC(=O)Nc2cccc(C(=O)N3CCOCC3)c2)c1. The average Bonchev–Trinajstić information content (AvgIpc) is 2.77. The maximum atomic E-state index is 12.6. The molecule has 0 atom stereocenters. The largest absolute Gasteiger partial charge is 0.378 e. The van der Waals surface area contributed by atoms with E-state index in [0.717, 1.165) is 0 Å². The number of morpholine rings is 1. The minimum absolute atomic E-state index is 0.0198. The quantitative estimate of drug-likeness (QED) is 0.644. The van der Waals surface area contributed by atoms with Crippen LogP contribution in [0.4, 0.5) is 11.4 Å². The van der Waals surface area contributed by atoms with Gasteiger partial charge >= 0.3 is 0 Å². The van der Waals surface area contributed by atoms with Crippen LogP contribution in [0.3, 0.4) is 0 Å². The van der Waals surface area contributed by atoms with Crippen molar-refractivity contribution in [3.05, 3.63) is 59.7 Å². The molecule has 1 aliphatic heterocycles. The number of benzene rings is 2. The number of anilines is 2. The molecule has 2 aromatic rings. The molecule has 8 nitrogen and oxygen atoms in total. The van der Waals surface area contributed by atoms with Crippen molar-refractivity contribution in [2.24, 2.45) is 0 Å². The molecule has 0 bridgehead atoms. The van der Waals surface area contributed by atoms with E-state index >= 15 is 0 Å². The molecule has 0 saturated carbocycles. The lowest BCUT2D eigenvalue weighted by atomic mass is 10.1. The van der Waals surface area contributed by atoms with Gasteiger partial charge in [0.2, 0.25) is 5.91 Å². The van der Waals surface area contributed by atoms with Gasteiger partial charge < -0.3 is 25.6 Å². The van der Waals surface area contributed by atoms with Crippen molar-refractivity contribution >= 4 is 29.1 Å². The van der Waals surface area contributed by atoms with E-state index in [2.05, 4.69) is 16.0 Å². The van der Waals surface area contributed by atoms with Gasteiger partial charge in [-0.05, 0) is 57.2 Å². The second kappa shape index (κ2) is 10.3. The Balaban J connectivity index is 1.56. The Hall–Kier alpha value is -3.39. The summed E-state index contributed by atoms with van der Waals surface area (Å²) in [6, 6.07) is 13.9. The lowest BCUT2D eigenvalue weighted by Crippen LogP contribution is -2.40. The van der Waals surface area contributed by atoms with Gasteiger partial charge in [0.05, 0.1) is 19.8 Å². The number of amides is 3. The molecule has 1 heterocycles. The third-order valence-electron chi connectivity index (χ3n) is 4.76. The maximum Gasteiger partial charge on any atom is 0.254 e. The molecular formula is C24H30N4O4. The molecule has 1 saturated heterocycles. The van der Waals surface area contributed by atoms with Crippen molar-refractivity contribution < 1.29 is 19.1 Å². The Kier molecular flexibility index (Phi) is 7.48. The summed E-state index contributed by atoms with van der Waals surface area (Å²) >= 11 is 0. The van der Waals surface area contributed by atoms with Crippen LogP contribution in [0.5, 0.6) is 0 Å². The van der Waals surface area contributed by atoms with Crippen molar-refractivity contribution in [1.29, 1.82) is 0 Å². The number of nitrogens with zero attached hydrogens (tertiary/aromatic N) is 1. The van der Waals surface area contributed by atoms with Gasteiger partial charge in [0, 0.05) is 41.1 Å². The highest BCUT2D eigenvalue weighted by atomic mass is 16.5. The molecule has 0 aliphatic carbocycles. The Morgan fingerprint density at radius 3 is 2.25 bits per heavy atom. The number of hydrogen-bond donors (Lipinski definition) is 3. The number of carbonyl (C=O) groups is 3. The van der Waals surface area contributed by atoms with E-state index in [1.54, 1.807) is 53.4 Å². The predicted molar refractivity (Wildman–Crippen MR) is 124 cm³/mol. The Morgan fingerprint density at radius 2 is 1.56 bits per heavy atom. The maximum absolute atomic E-state index is 12.6. The molecule has 3 N–H and O–H groups in total. The van der Waals surface area contributed by atoms with Gasteiger partial charge in [-0.1, -0.05) is 12.1 Å². The van der Waals surface area contributed by atoms with E-state index in [-0.39, 0.29) is 29.8 Å². The van der Waals surface area contributed by atoms with Crippen molar-refractivity contribution in [3.8, 4) is 0 Å². The molecular weight excluding hydrogens is 408 g/mol. The number of hydrogen-bond acceptors (Lipinski definition) is 5. The minimum atomic E-state index is -0.335. The second-order valence-corrected chi connectivity index (χ2v) is 8.67. The smallest absolute Gasteiger partial charge is 0.254 e. The zero-order chi connectivity index (χ0) is 23.1. The first kappa shape index (κ1) is 23.3.